The van der Waals surface area contributed by atoms with Crippen LogP contribution >= 0.6 is 0 Å². The highest BCUT2D eigenvalue weighted by molar-refractivity contribution is 5.83. The van der Waals surface area contributed by atoms with Gasteiger partial charge in [-0.15, -0.1) is 0 Å². The van der Waals surface area contributed by atoms with Gasteiger partial charge in [0.05, 0.1) is 24.7 Å². The van der Waals surface area contributed by atoms with Gasteiger partial charge >= 0.3 is 6.03 Å². The third-order valence-electron chi connectivity index (χ3n) is 4.87. The number of carbonyl (C=O) groups is 1. The topological polar surface area (TPSA) is 132 Å². The van der Waals surface area contributed by atoms with E-state index >= 15 is 0 Å². The Balaban J connectivity index is 1.63. The van der Waals surface area contributed by atoms with Crippen LogP contribution in [-0.2, 0) is 18.0 Å². The van der Waals surface area contributed by atoms with E-state index in [1.165, 1.54) is 11.3 Å². The van der Waals surface area contributed by atoms with E-state index in [9.17, 15) is 4.79 Å². The average molecular weight is 382 g/mol. The van der Waals surface area contributed by atoms with Crippen LogP contribution in [0.15, 0.2) is 46.8 Å². The molecular formula is C17H18N8O3. The summed E-state index contributed by atoms with van der Waals surface area (Å²) in [6.07, 6.45) is 2.97. The Kier molecular flexibility index (Phi) is 4.83. The summed E-state index contributed by atoms with van der Waals surface area (Å²) < 4.78 is 1.67. The molecular weight excluding hydrogens is 364 g/mol. The second-order valence-corrected chi connectivity index (χ2v) is 6.41. The summed E-state index contributed by atoms with van der Waals surface area (Å²) in [5, 5.41) is 21.5. The summed E-state index contributed by atoms with van der Waals surface area (Å²) >= 11 is 0. The summed E-state index contributed by atoms with van der Waals surface area (Å²) in [4.78, 5) is 23.1. The van der Waals surface area contributed by atoms with E-state index < -0.39 is 6.04 Å². The van der Waals surface area contributed by atoms with E-state index in [1.54, 1.807) is 15.8 Å². The Hall–Kier alpha value is -3.56. The molecule has 1 N–H and O–H groups in total. The van der Waals surface area contributed by atoms with Crippen molar-refractivity contribution in [1.82, 2.24) is 19.7 Å². The van der Waals surface area contributed by atoms with Crippen LogP contribution in [0.4, 0.5) is 4.79 Å². The van der Waals surface area contributed by atoms with Crippen molar-refractivity contribution in [2.45, 2.75) is 25.2 Å². The van der Waals surface area contributed by atoms with Crippen LogP contribution < -0.4 is 0 Å². The number of hydrogen-bond acceptors (Lipinski definition) is 6. The van der Waals surface area contributed by atoms with Gasteiger partial charge in [-0.1, -0.05) is 40.6 Å². The van der Waals surface area contributed by atoms with Crippen molar-refractivity contribution < 1.29 is 14.8 Å². The number of hydrogen-bond donors (Lipinski definition) is 1. The molecule has 4 rings (SSSR count). The molecule has 11 heteroatoms. The molecule has 2 aliphatic heterocycles. The molecule has 1 saturated heterocycles. The standard InChI is InChI=1S/C17H18N8O3/c18-22-19-6-7-24-16-13(8-20-24)15-10-23(14(16)9-21-27)17(26)25(15)28-11-12-4-2-1-3-5-12/h1-5,8-9,14-15,27H,6-7,10-11H2/b21-9+. The van der Waals surface area contributed by atoms with Crippen molar-refractivity contribution in [3.8, 4) is 0 Å². The van der Waals surface area contributed by atoms with Crippen LogP contribution in [0.2, 0.25) is 0 Å². The quantitative estimate of drug-likeness (QED) is 0.197. The Morgan fingerprint density at radius 1 is 1.39 bits per heavy atom. The van der Waals surface area contributed by atoms with Crippen LogP contribution in [0.3, 0.4) is 0 Å². The molecule has 2 atom stereocenters. The molecule has 1 fully saturated rings. The normalized spacial score (nSPS) is 20.5. The minimum atomic E-state index is -0.581. The number of nitrogens with zero attached hydrogens (tertiary/aromatic N) is 8. The SMILES string of the molecule is [N-]=[N+]=NCCn1ncc2c1C(/C=N/O)N1CC2N(OCc2ccccc2)C1=O. The van der Waals surface area contributed by atoms with Crippen LogP contribution in [0.5, 0.6) is 0 Å². The molecule has 2 amide bonds. The molecule has 2 bridgehead atoms. The number of aromatic nitrogens is 2. The van der Waals surface area contributed by atoms with Crippen molar-refractivity contribution in [1.29, 1.82) is 0 Å². The predicted octanol–water partition coefficient (Wildman–Crippen LogP) is 2.62. The molecule has 0 spiro atoms. The lowest BCUT2D eigenvalue weighted by atomic mass is 9.98. The largest absolute Gasteiger partial charge is 0.411 e. The van der Waals surface area contributed by atoms with Gasteiger partial charge in [0.2, 0.25) is 0 Å². The highest BCUT2D eigenvalue weighted by Gasteiger charge is 2.50. The fourth-order valence-electron chi connectivity index (χ4n) is 3.63. The molecule has 1 aromatic heterocycles. The van der Waals surface area contributed by atoms with Gasteiger partial charge in [0.15, 0.2) is 0 Å². The first-order valence-electron chi connectivity index (χ1n) is 8.75. The first-order chi connectivity index (χ1) is 13.7. The smallest absolute Gasteiger partial charge is 0.345 e. The Bertz CT molecular complexity index is 937. The van der Waals surface area contributed by atoms with Crippen molar-refractivity contribution in [2.75, 3.05) is 13.1 Å². The highest BCUT2D eigenvalue weighted by Crippen LogP contribution is 2.43. The monoisotopic (exact) mass is 382 g/mol. The Labute approximate surface area is 160 Å². The number of rotatable bonds is 7. The van der Waals surface area contributed by atoms with E-state index in [0.717, 1.165) is 16.8 Å². The van der Waals surface area contributed by atoms with E-state index in [4.69, 9.17) is 15.6 Å². The van der Waals surface area contributed by atoms with Crippen LogP contribution in [0.25, 0.3) is 10.4 Å². The van der Waals surface area contributed by atoms with Crippen molar-refractivity contribution in [2.24, 2.45) is 10.3 Å². The lowest BCUT2D eigenvalue weighted by Gasteiger charge is -2.28. The van der Waals surface area contributed by atoms with E-state index in [2.05, 4.69) is 20.3 Å². The molecule has 1 aromatic carbocycles. The molecule has 2 aliphatic rings. The lowest BCUT2D eigenvalue weighted by Crippen LogP contribution is -2.36. The van der Waals surface area contributed by atoms with Crippen molar-refractivity contribution >= 4 is 12.2 Å². The molecule has 0 saturated carbocycles. The number of oxime groups is 1. The van der Waals surface area contributed by atoms with Gasteiger partial charge in [0.25, 0.3) is 0 Å². The molecule has 28 heavy (non-hydrogen) atoms. The molecule has 2 aromatic rings. The fourth-order valence-corrected chi connectivity index (χ4v) is 3.63. The molecule has 0 radical (unpaired) electrons. The number of azide groups is 1. The molecule has 144 valence electrons. The minimum absolute atomic E-state index is 0.223. The minimum Gasteiger partial charge on any atom is -0.411 e. The number of fused-ring (bicyclic) bond motifs is 4. The third-order valence-corrected chi connectivity index (χ3v) is 4.87. The van der Waals surface area contributed by atoms with E-state index in [0.29, 0.717) is 13.1 Å². The summed E-state index contributed by atoms with van der Waals surface area (Å²) in [7, 11) is 0. The first kappa shape index (κ1) is 17.8. The lowest BCUT2D eigenvalue weighted by molar-refractivity contribution is -0.141. The molecule has 0 aliphatic carbocycles. The second kappa shape index (κ2) is 7.59. The van der Waals surface area contributed by atoms with E-state index in [1.807, 2.05) is 30.3 Å². The highest BCUT2D eigenvalue weighted by atomic mass is 16.7. The van der Waals surface area contributed by atoms with Gasteiger partial charge in [-0.2, -0.15) is 10.2 Å². The van der Waals surface area contributed by atoms with Gasteiger partial charge < -0.3 is 10.1 Å². The second-order valence-electron chi connectivity index (χ2n) is 6.41. The maximum absolute atomic E-state index is 12.9. The number of benzene rings is 1. The summed E-state index contributed by atoms with van der Waals surface area (Å²) in [6.45, 7) is 1.24. The predicted molar refractivity (Wildman–Crippen MR) is 97.2 cm³/mol. The maximum Gasteiger partial charge on any atom is 0.345 e. The van der Waals surface area contributed by atoms with Gasteiger partial charge in [0, 0.05) is 23.6 Å². The molecule has 3 heterocycles. The fraction of sp³-hybridized carbons (Fsp3) is 0.353. The molecule has 11 nitrogen and oxygen atoms in total. The van der Waals surface area contributed by atoms with Crippen LogP contribution in [0.1, 0.15) is 28.9 Å². The van der Waals surface area contributed by atoms with Gasteiger partial charge in [0.1, 0.15) is 18.7 Å². The van der Waals surface area contributed by atoms with Crippen LogP contribution in [0, 0.1) is 0 Å². The first-order valence-corrected chi connectivity index (χ1v) is 8.75. The number of carbonyl (C=O) groups excluding carboxylic acids is 1. The third kappa shape index (κ3) is 3.02. The average Bonchev–Trinajstić information content (AvgIpc) is 3.26. The maximum atomic E-state index is 12.9. The van der Waals surface area contributed by atoms with Crippen molar-refractivity contribution in [3.05, 3.63) is 63.8 Å². The van der Waals surface area contributed by atoms with Crippen LogP contribution in [-0.4, -0.2) is 50.3 Å². The summed E-state index contributed by atoms with van der Waals surface area (Å²) in [5.41, 5.74) is 11.0. The van der Waals surface area contributed by atoms with Gasteiger partial charge in [-0.3, -0.25) is 9.52 Å². The Morgan fingerprint density at radius 3 is 2.96 bits per heavy atom. The number of urea groups is 1. The number of hydroxylamine groups is 2. The zero-order valence-electron chi connectivity index (χ0n) is 14.9. The van der Waals surface area contributed by atoms with Gasteiger partial charge in [-0.25, -0.2) is 4.79 Å². The zero-order chi connectivity index (χ0) is 19.5. The number of amides is 2. The molecule has 2 unspecified atom stereocenters. The summed E-state index contributed by atoms with van der Waals surface area (Å²) in [6, 6.07) is 8.38. The Morgan fingerprint density at radius 2 is 2.21 bits per heavy atom. The summed E-state index contributed by atoms with van der Waals surface area (Å²) in [5.74, 6) is 0. The van der Waals surface area contributed by atoms with E-state index in [-0.39, 0.29) is 25.2 Å². The van der Waals surface area contributed by atoms with Crippen molar-refractivity contribution in [3.63, 3.8) is 0 Å². The zero-order valence-corrected chi connectivity index (χ0v) is 14.9. The van der Waals surface area contributed by atoms with Gasteiger partial charge in [-0.05, 0) is 11.1 Å².